The van der Waals surface area contributed by atoms with Crippen molar-refractivity contribution in [2.24, 2.45) is 17.8 Å². The smallest absolute Gasteiger partial charge is 0.270 e. The number of nitrogens with one attached hydrogen (secondary N) is 1. The number of halogens is 1. The van der Waals surface area contributed by atoms with Gasteiger partial charge in [0.25, 0.3) is 11.6 Å². The van der Waals surface area contributed by atoms with E-state index in [9.17, 15) is 14.9 Å². The van der Waals surface area contributed by atoms with Crippen molar-refractivity contribution in [2.45, 2.75) is 25.7 Å². The molecule has 0 aliphatic heterocycles. The second-order valence-electron chi connectivity index (χ2n) is 6.07. The van der Waals surface area contributed by atoms with Gasteiger partial charge in [-0.2, -0.15) is 0 Å². The second kappa shape index (κ2) is 5.90. The Labute approximate surface area is 136 Å². The average molecular weight is 400 g/mol. The molecule has 2 saturated carbocycles. The first-order valence-corrected chi connectivity index (χ1v) is 8.34. The first-order valence-electron chi connectivity index (χ1n) is 7.26. The molecule has 2 bridgehead atoms. The molecule has 3 rings (SSSR count). The fourth-order valence-electron chi connectivity index (χ4n) is 3.75. The van der Waals surface area contributed by atoms with Gasteiger partial charge >= 0.3 is 0 Å². The summed E-state index contributed by atoms with van der Waals surface area (Å²) in [5, 5.41) is 13.8. The molecule has 2 fully saturated rings. The molecule has 3 unspecified atom stereocenters. The van der Waals surface area contributed by atoms with Crippen LogP contribution in [0.15, 0.2) is 18.2 Å². The van der Waals surface area contributed by atoms with Gasteiger partial charge in [-0.3, -0.25) is 14.9 Å². The van der Waals surface area contributed by atoms with Gasteiger partial charge in [0.1, 0.15) is 0 Å². The molecule has 6 heteroatoms. The predicted octanol–water partition coefficient (Wildman–Crippen LogP) is 3.37. The monoisotopic (exact) mass is 400 g/mol. The summed E-state index contributed by atoms with van der Waals surface area (Å²) in [7, 11) is 0. The molecule has 1 N–H and O–H groups in total. The van der Waals surface area contributed by atoms with Crippen LogP contribution in [0, 0.1) is 31.4 Å². The van der Waals surface area contributed by atoms with Gasteiger partial charge < -0.3 is 5.32 Å². The van der Waals surface area contributed by atoms with Gasteiger partial charge in [0.2, 0.25) is 0 Å². The Morgan fingerprint density at radius 2 is 2.19 bits per heavy atom. The van der Waals surface area contributed by atoms with Crippen molar-refractivity contribution in [2.75, 3.05) is 6.54 Å². The standard InChI is InChI=1S/C15H17IN2O3/c16-14-4-3-12(18(20)21)7-13(14)15(19)17-8-11-6-9-1-2-10(11)5-9/h3-4,7,9-11H,1-2,5-6,8H2,(H,17,19). The van der Waals surface area contributed by atoms with Crippen LogP contribution in [0.3, 0.4) is 0 Å². The summed E-state index contributed by atoms with van der Waals surface area (Å²) in [4.78, 5) is 22.6. The molecule has 1 amide bonds. The first-order chi connectivity index (χ1) is 10.0. The van der Waals surface area contributed by atoms with Crippen molar-refractivity contribution in [1.29, 1.82) is 0 Å². The number of non-ortho nitro benzene ring substituents is 1. The predicted molar refractivity (Wildman–Crippen MR) is 87.1 cm³/mol. The van der Waals surface area contributed by atoms with Crippen LogP contribution in [-0.2, 0) is 0 Å². The highest BCUT2D eigenvalue weighted by molar-refractivity contribution is 14.1. The lowest BCUT2D eigenvalue weighted by Gasteiger charge is -2.21. The van der Waals surface area contributed by atoms with Crippen LogP contribution in [0.2, 0.25) is 0 Å². The summed E-state index contributed by atoms with van der Waals surface area (Å²) in [6, 6.07) is 4.40. The Morgan fingerprint density at radius 1 is 1.38 bits per heavy atom. The normalized spacial score (nSPS) is 26.8. The van der Waals surface area contributed by atoms with Crippen LogP contribution in [0.1, 0.15) is 36.0 Å². The number of fused-ring (bicyclic) bond motifs is 2. The minimum Gasteiger partial charge on any atom is -0.352 e. The van der Waals surface area contributed by atoms with Gasteiger partial charge in [-0.05, 0) is 65.7 Å². The van der Waals surface area contributed by atoms with E-state index >= 15 is 0 Å². The molecular weight excluding hydrogens is 383 g/mol. The fraction of sp³-hybridized carbons (Fsp3) is 0.533. The van der Waals surface area contributed by atoms with E-state index in [0.717, 1.165) is 15.4 Å². The minimum atomic E-state index is -0.469. The Morgan fingerprint density at radius 3 is 2.81 bits per heavy atom. The minimum absolute atomic E-state index is 0.0412. The van der Waals surface area contributed by atoms with E-state index in [4.69, 9.17) is 0 Å². The Kier molecular flexibility index (Phi) is 4.14. The molecule has 0 radical (unpaired) electrons. The second-order valence-corrected chi connectivity index (χ2v) is 7.23. The van der Waals surface area contributed by atoms with E-state index < -0.39 is 4.92 Å². The van der Waals surface area contributed by atoms with Crippen LogP contribution in [0.5, 0.6) is 0 Å². The fourth-order valence-corrected chi connectivity index (χ4v) is 4.33. The maximum atomic E-state index is 12.3. The lowest BCUT2D eigenvalue weighted by molar-refractivity contribution is -0.384. The summed E-state index contributed by atoms with van der Waals surface area (Å²) >= 11 is 2.04. The van der Waals surface area contributed by atoms with Crippen LogP contribution < -0.4 is 5.32 Å². The summed E-state index contributed by atoms with van der Waals surface area (Å²) in [5.41, 5.74) is 0.355. The number of amides is 1. The topological polar surface area (TPSA) is 72.2 Å². The molecule has 21 heavy (non-hydrogen) atoms. The van der Waals surface area contributed by atoms with Crippen LogP contribution >= 0.6 is 22.6 Å². The lowest BCUT2D eigenvalue weighted by Crippen LogP contribution is -2.32. The number of hydrogen-bond acceptors (Lipinski definition) is 3. The number of carbonyl (C=O) groups excluding carboxylic acids is 1. The van der Waals surface area contributed by atoms with Crippen molar-refractivity contribution in [3.05, 3.63) is 37.4 Å². The SMILES string of the molecule is O=C(NCC1CC2CCC1C2)c1cc([N+](=O)[O-])ccc1I. The zero-order valence-corrected chi connectivity index (χ0v) is 13.7. The number of benzene rings is 1. The van der Waals surface area contributed by atoms with Crippen LogP contribution in [0.25, 0.3) is 0 Å². The first kappa shape index (κ1) is 14.7. The van der Waals surface area contributed by atoms with Crippen LogP contribution in [0.4, 0.5) is 5.69 Å². The molecular formula is C15H17IN2O3. The molecule has 0 aromatic heterocycles. The Hall–Kier alpha value is -1.18. The van der Waals surface area contributed by atoms with Gasteiger partial charge in [0, 0.05) is 22.2 Å². The van der Waals surface area contributed by atoms with Gasteiger partial charge in [0.15, 0.2) is 0 Å². The third-order valence-corrected chi connectivity index (χ3v) is 5.76. The molecule has 1 aromatic carbocycles. The van der Waals surface area contributed by atoms with Crippen molar-refractivity contribution >= 4 is 34.2 Å². The summed E-state index contributed by atoms with van der Waals surface area (Å²) in [6.45, 7) is 0.693. The summed E-state index contributed by atoms with van der Waals surface area (Å²) < 4.78 is 0.739. The molecule has 0 spiro atoms. The van der Waals surface area contributed by atoms with Gasteiger partial charge in [-0.15, -0.1) is 0 Å². The average Bonchev–Trinajstić information content (AvgIpc) is 3.07. The highest BCUT2D eigenvalue weighted by Crippen LogP contribution is 2.47. The molecule has 3 atom stereocenters. The maximum absolute atomic E-state index is 12.3. The van der Waals surface area contributed by atoms with Crippen molar-refractivity contribution in [1.82, 2.24) is 5.32 Å². The summed E-state index contributed by atoms with van der Waals surface area (Å²) in [6.07, 6.45) is 5.17. The molecule has 2 aliphatic carbocycles. The van der Waals surface area contributed by atoms with Gasteiger partial charge in [0.05, 0.1) is 10.5 Å². The molecule has 0 saturated heterocycles. The highest BCUT2D eigenvalue weighted by Gasteiger charge is 2.39. The number of nitro groups is 1. The van der Waals surface area contributed by atoms with E-state index in [0.29, 0.717) is 18.0 Å². The zero-order valence-electron chi connectivity index (χ0n) is 11.5. The Balaban J connectivity index is 1.65. The molecule has 112 valence electrons. The molecule has 1 aromatic rings. The number of nitro benzene ring substituents is 1. The van der Waals surface area contributed by atoms with E-state index in [-0.39, 0.29) is 11.6 Å². The molecule has 0 heterocycles. The van der Waals surface area contributed by atoms with Crippen molar-refractivity contribution in [3.63, 3.8) is 0 Å². The quantitative estimate of drug-likeness (QED) is 0.479. The van der Waals surface area contributed by atoms with Crippen molar-refractivity contribution in [3.8, 4) is 0 Å². The zero-order chi connectivity index (χ0) is 15.0. The van der Waals surface area contributed by atoms with E-state index in [1.165, 1.54) is 37.8 Å². The highest BCUT2D eigenvalue weighted by atomic mass is 127. The number of hydrogen-bond donors (Lipinski definition) is 1. The largest absolute Gasteiger partial charge is 0.352 e. The molecule has 5 nitrogen and oxygen atoms in total. The number of rotatable bonds is 4. The van der Waals surface area contributed by atoms with Crippen LogP contribution in [-0.4, -0.2) is 17.4 Å². The van der Waals surface area contributed by atoms with Crippen molar-refractivity contribution < 1.29 is 9.72 Å². The maximum Gasteiger partial charge on any atom is 0.270 e. The number of carbonyl (C=O) groups is 1. The third-order valence-electron chi connectivity index (χ3n) is 4.81. The van der Waals surface area contributed by atoms with E-state index in [1.54, 1.807) is 6.07 Å². The van der Waals surface area contributed by atoms with Gasteiger partial charge in [-0.25, -0.2) is 0 Å². The Bertz CT molecular complexity index is 590. The third kappa shape index (κ3) is 3.04. The lowest BCUT2D eigenvalue weighted by atomic mass is 9.89. The van der Waals surface area contributed by atoms with Gasteiger partial charge in [-0.1, -0.05) is 6.42 Å². The number of nitrogens with zero attached hydrogens (tertiary/aromatic N) is 1. The van der Waals surface area contributed by atoms with E-state index in [2.05, 4.69) is 5.32 Å². The molecule has 2 aliphatic rings. The summed E-state index contributed by atoms with van der Waals surface area (Å²) in [5.74, 6) is 2.00. The van der Waals surface area contributed by atoms with E-state index in [1.807, 2.05) is 22.6 Å².